The first kappa shape index (κ1) is 24.3. The number of halogens is 2. The van der Waals surface area contributed by atoms with Crippen LogP contribution in [0.1, 0.15) is 53.7 Å². The highest BCUT2D eigenvalue weighted by Gasteiger charge is 2.48. The molecule has 0 saturated carbocycles. The zero-order valence-corrected chi connectivity index (χ0v) is 21.3. The molecule has 1 N–H and O–H groups in total. The fourth-order valence-electron chi connectivity index (χ4n) is 5.53. The maximum atomic E-state index is 15.2. The van der Waals surface area contributed by atoms with Crippen molar-refractivity contribution < 1.29 is 18.7 Å². The van der Waals surface area contributed by atoms with Crippen molar-refractivity contribution in [3.63, 3.8) is 0 Å². The van der Waals surface area contributed by atoms with Crippen molar-refractivity contribution in [1.82, 2.24) is 24.6 Å². The lowest BCUT2D eigenvalue weighted by Gasteiger charge is -2.45. The van der Waals surface area contributed by atoms with Crippen molar-refractivity contribution in [2.75, 3.05) is 18.4 Å². The van der Waals surface area contributed by atoms with Gasteiger partial charge in [0.25, 0.3) is 5.91 Å². The Kier molecular flexibility index (Phi) is 5.98. The molecule has 4 aromatic rings. The van der Waals surface area contributed by atoms with E-state index in [0.29, 0.717) is 30.6 Å². The van der Waals surface area contributed by atoms with E-state index in [2.05, 4.69) is 27.3 Å². The van der Waals surface area contributed by atoms with Crippen LogP contribution in [-0.4, -0.2) is 49.7 Å². The summed E-state index contributed by atoms with van der Waals surface area (Å²) in [5, 5.41) is 7.90. The third kappa shape index (κ3) is 4.05. The van der Waals surface area contributed by atoms with Gasteiger partial charge in [-0.2, -0.15) is 5.10 Å². The number of anilines is 1. The molecule has 2 aromatic carbocycles. The summed E-state index contributed by atoms with van der Waals surface area (Å²) < 4.78 is 22.6. The number of fused-ring (bicyclic) bond motifs is 3. The van der Waals surface area contributed by atoms with Gasteiger partial charge in [0.1, 0.15) is 6.33 Å². The van der Waals surface area contributed by atoms with Crippen LogP contribution < -0.4 is 5.32 Å². The van der Waals surface area contributed by atoms with Crippen molar-refractivity contribution in [3.05, 3.63) is 82.8 Å². The van der Waals surface area contributed by atoms with Crippen LogP contribution in [0, 0.1) is 5.82 Å². The van der Waals surface area contributed by atoms with E-state index in [-0.39, 0.29) is 29.1 Å². The molecule has 2 amide bonds. The predicted octanol–water partition coefficient (Wildman–Crippen LogP) is 5.31. The monoisotopic (exact) mass is 534 g/mol. The standard InChI is InChI=1S/C27H24ClFN6O3/c1-2-22(16-4-6-20-17(10-16)11-30-15-31-20)35-13-18(12-32-35)25(36)34-9-3-8-27(14-34)23-21(33-26(37)38-27)7-5-19(28)24(23)29/h4-7,10-13,15,22H,2-3,8-9,14H2,1H3,(H,33,37)/t22?,27-/m0/s1. The van der Waals surface area contributed by atoms with Gasteiger partial charge in [0.05, 0.1) is 46.1 Å². The summed E-state index contributed by atoms with van der Waals surface area (Å²) in [4.78, 5) is 35.9. The molecule has 38 heavy (non-hydrogen) atoms. The zero-order valence-electron chi connectivity index (χ0n) is 20.5. The Morgan fingerprint density at radius 3 is 3.00 bits per heavy atom. The Morgan fingerprint density at radius 2 is 2.16 bits per heavy atom. The first-order valence-corrected chi connectivity index (χ1v) is 12.8. The molecule has 194 valence electrons. The summed E-state index contributed by atoms with van der Waals surface area (Å²) >= 11 is 6.07. The van der Waals surface area contributed by atoms with Gasteiger partial charge in [-0.05, 0) is 49.1 Å². The molecule has 4 heterocycles. The molecule has 1 spiro atoms. The molecule has 0 radical (unpaired) electrons. The molecule has 9 nitrogen and oxygen atoms in total. The van der Waals surface area contributed by atoms with E-state index in [9.17, 15) is 9.59 Å². The Labute approximate surface area is 222 Å². The highest BCUT2D eigenvalue weighted by atomic mass is 35.5. The quantitative estimate of drug-likeness (QED) is 0.380. The number of piperidine rings is 1. The number of hydrogen-bond acceptors (Lipinski definition) is 6. The molecule has 0 bridgehead atoms. The number of carbonyl (C=O) groups excluding carboxylic acids is 2. The smallest absolute Gasteiger partial charge is 0.412 e. The van der Waals surface area contributed by atoms with Crippen molar-refractivity contribution in [1.29, 1.82) is 0 Å². The average Bonchev–Trinajstić information content (AvgIpc) is 3.40. The molecule has 0 aliphatic carbocycles. The van der Waals surface area contributed by atoms with Gasteiger partial charge in [-0.1, -0.05) is 24.6 Å². The van der Waals surface area contributed by atoms with E-state index in [1.165, 1.54) is 18.6 Å². The molecule has 6 rings (SSSR count). The molecule has 1 fully saturated rings. The molecular formula is C27H24ClFN6O3. The molecule has 2 aromatic heterocycles. The van der Waals surface area contributed by atoms with E-state index >= 15 is 4.39 Å². The Balaban J connectivity index is 1.28. The average molecular weight is 535 g/mol. The van der Waals surface area contributed by atoms with Crippen LogP contribution in [0.4, 0.5) is 14.9 Å². The number of rotatable bonds is 4. The largest absolute Gasteiger partial charge is 0.436 e. The predicted molar refractivity (Wildman–Crippen MR) is 139 cm³/mol. The van der Waals surface area contributed by atoms with Crippen molar-refractivity contribution >= 4 is 40.2 Å². The van der Waals surface area contributed by atoms with Crippen LogP contribution in [0.2, 0.25) is 5.02 Å². The molecule has 2 atom stereocenters. The number of nitrogens with zero attached hydrogens (tertiary/aromatic N) is 5. The number of ether oxygens (including phenoxy) is 1. The summed E-state index contributed by atoms with van der Waals surface area (Å²) in [6, 6.07) is 8.83. The second kappa shape index (κ2) is 9.36. The van der Waals surface area contributed by atoms with Crippen LogP contribution in [0.15, 0.2) is 55.2 Å². The molecule has 11 heteroatoms. The van der Waals surface area contributed by atoms with E-state index < -0.39 is 17.5 Å². The minimum absolute atomic E-state index is 0.0105. The van der Waals surface area contributed by atoms with Crippen molar-refractivity contribution in [2.24, 2.45) is 0 Å². The normalized spacial score (nSPS) is 19.7. The van der Waals surface area contributed by atoms with Gasteiger partial charge >= 0.3 is 6.09 Å². The number of nitrogens with one attached hydrogen (secondary N) is 1. The molecule has 1 saturated heterocycles. The minimum Gasteiger partial charge on any atom is -0.436 e. The summed E-state index contributed by atoms with van der Waals surface area (Å²) in [7, 11) is 0. The summed E-state index contributed by atoms with van der Waals surface area (Å²) in [5.74, 6) is -0.923. The zero-order chi connectivity index (χ0) is 26.4. The number of hydrogen-bond donors (Lipinski definition) is 1. The lowest BCUT2D eigenvalue weighted by molar-refractivity contribution is -0.0418. The number of aromatic nitrogens is 4. The fraction of sp³-hybridized carbons (Fsp3) is 0.296. The second-order valence-corrected chi connectivity index (χ2v) is 10.0. The molecule has 2 aliphatic rings. The van der Waals surface area contributed by atoms with Gasteiger partial charge < -0.3 is 9.64 Å². The Bertz CT molecular complexity index is 1580. The second-order valence-electron chi connectivity index (χ2n) is 9.60. The Morgan fingerprint density at radius 1 is 1.29 bits per heavy atom. The summed E-state index contributed by atoms with van der Waals surface area (Å²) in [6.07, 6.45) is 7.51. The van der Waals surface area contributed by atoms with Gasteiger partial charge in [0, 0.05) is 24.3 Å². The lowest BCUT2D eigenvalue weighted by atomic mass is 9.83. The van der Waals surface area contributed by atoms with Gasteiger partial charge in [0.2, 0.25) is 0 Å². The molecule has 1 unspecified atom stereocenters. The van der Waals surface area contributed by atoms with Gasteiger partial charge in [-0.15, -0.1) is 0 Å². The van der Waals surface area contributed by atoms with E-state index in [0.717, 1.165) is 22.9 Å². The first-order chi connectivity index (χ1) is 18.4. The number of benzene rings is 2. The van der Waals surface area contributed by atoms with Crippen LogP contribution in [0.5, 0.6) is 0 Å². The van der Waals surface area contributed by atoms with Gasteiger partial charge in [-0.25, -0.2) is 19.2 Å². The topological polar surface area (TPSA) is 102 Å². The van der Waals surface area contributed by atoms with E-state index in [4.69, 9.17) is 16.3 Å². The lowest BCUT2D eigenvalue weighted by Crippen LogP contribution is -2.53. The van der Waals surface area contributed by atoms with Crippen LogP contribution in [-0.2, 0) is 10.3 Å². The van der Waals surface area contributed by atoms with E-state index in [1.54, 1.807) is 28.0 Å². The van der Waals surface area contributed by atoms with Crippen LogP contribution >= 0.6 is 11.6 Å². The number of amides is 2. The van der Waals surface area contributed by atoms with Gasteiger partial charge in [0.15, 0.2) is 11.4 Å². The first-order valence-electron chi connectivity index (χ1n) is 12.4. The number of likely N-dealkylation sites (tertiary alicyclic amines) is 1. The van der Waals surface area contributed by atoms with Crippen molar-refractivity contribution in [2.45, 2.75) is 37.8 Å². The molecule has 2 aliphatic heterocycles. The van der Waals surface area contributed by atoms with Crippen molar-refractivity contribution in [3.8, 4) is 0 Å². The number of carbonyl (C=O) groups is 2. The maximum absolute atomic E-state index is 15.2. The fourth-order valence-corrected chi connectivity index (χ4v) is 5.69. The highest BCUT2D eigenvalue weighted by Crippen LogP contribution is 2.45. The van der Waals surface area contributed by atoms with Crippen LogP contribution in [0.3, 0.4) is 0 Å². The van der Waals surface area contributed by atoms with Gasteiger partial charge in [-0.3, -0.25) is 14.8 Å². The minimum atomic E-state index is -1.32. The van der Waals surface area contributed by atoms with E-state index in [1.807, 2.05) is 18.2 Å². The SMILES string of the molecule is CCC(c1ccc2ncncc2c1)n1cc(C(=O)N2CCC[C@@]3(C2)OC(=O)Nc2ccc(Cl)c(F)c23)cn1. The van der Waals surface area contributed by atoms with Crippen LogP contribution in [0.25, 0.3) is 10.9 Å². The Hall–Kier alpha value is -4.05. The summed E-state index contributed by atoms with van der Waals surface area (Å²) in [6.45, 7) is 2.50. The summed E-state index contributed by atoms with van der Waals surface area (Å²) in [5.41, 5.74) is 1.43. The molecular weight excluding hydrogens is 511 g/mol. The maximum Gasteiger partial charge on any atom is 0.412 e. The third-order valence-electron chi connectivity index (χ3n) is 7.29. The highest BCUT2D eigenvalue weighted by molar-refractivity contribution is 6.31. The third-order valence-corrected chi connectivity index (χ3v) is 7.58.